The van der Waals surface area contributed by atoms with Gasteiger partial charge >= 0.3 is 0 Å². The molecule has 2 rings (SSSR count). The molecule has 0 unspecified atom stereocenters. The average Bonchev–Trinajstić information content (AvgIpc) is 2.47. The highest BCUT2D eigenvalue weighted by Crippen LogP contribution is 2.38. The highest BCUT2D eigenvalue weighted by atomic mass is 32.1. The van der Waals surface area contributed by atoms with Gasteiger partial charge in [-0.2, -0.15) is 0 Å². The summed E-state index contributed by atoms with van der Waals surface area (Å²) in [6.45, 7) is 0. The van der Waals surface area contributed by atoms with E-state index in [2.05, 4.69) is 0 Å². The number of aromatic hydroxyl groups is 1. The first-order valence-corrected chi connectivity index (χ1v) is 4.60. The van der Waals surface area contributed by atoms with Crippen molar-refractivity contribution in [3.05, 3.63) is 29.6 Å². The minimum atomic E-state index is -2.66. The maximum atomic E-state index is 13.1. The van der Waals surface area contributed by atoms with Crippen LogP contribution in [0.3, 0.4) is 0 Å². The second-order valence-corrected chi connectivity index (χ2v) is 3.80. The summed E-state index contributed by atoms with van der Waals surface area (Å²) in [7, 11) is 0. The lowest BCUT2D eigenvalue weighted by atomic mass is 10.1. The van der Waals surface area contributed by atoms with E-state index in [1.165, 1.54) is 0 Å². The molecule has 0 aliphatic rings. The summed E-state index contributed by atoms with van der Waals surface area (Å²) in [6, 6.07) is 3.18. The Morgan fingerprint density at radius 3 is 2.64 bits per heavy atom. The SMILES string of the molecule is Oc1cc2c(F)ccc(C(F)F)c2s1. The van der Waals surface area contributed by atoms with Crippen molar-refractivity contribution >= 4 is 21.4 Å². The first-order valence-electron chi connectivity index (χ1n) is 3.78. The van der Waals surface area contributed by atoms with Gasteiger partial charge in [0.15, 0.2) is 5.06 Å². The first-order chi connectivity index (χ1) is 6.59. The summed E-state index contributed by atoms with van der Waals surface area (Å²) in [5.41, 5.74) is -0.244. The number of hydrogen-bond donors (Lipinski definition) is 1. The maximum absolute atomic E-state index is 13.1. The van der Waals surface area contributed by atoms with E-state index in [0.717, 1.165) is 29.5 Å². The number of halogens is 3. The molecule has 0 aliphatic heterocycles. The van der Waals surface area contributed by atoms with E-state index < -0.39 is 12.2 Å². The minimum absolute atomic E-state index is 0.0466. The van der Waals surface area contributed by atoms with E-state index in [9.17, 15) is 13.2 Å². The number of rotatable bonds is 1. The van der Waals surface area contributed by atoms with Crippen LogP contribution in [0.25, 0.3) is 10.1 Å². The van der Waals surface area contributed by atoms with Crippen LogP contribution in [0.2, 0.25) is 0 Å². The number of fused-ring (bicyclic) bond motifs is 1. The Balaban J connectivity index is 2.81. The molecule has 0 bridgehead atoms. The molecule has 0 spiro atoms. The van der Waals surface area contributed by atoms with Crippen LogP contribution in [0, 0.1) is 5.82 Å². The summed E-state index contributed by atoms with van der Waals surface area (Å²) in [5, 5.41) is 8.98. The van der Waals surface area contributed by atoms with Crippen LogP contribution in [-0.2, 0) is 0 Å². The third kappa shape index (κ3) is 1.33. The van der Waals surface area contributed by atoms with Gasteiger partial charge in [-0.1, -0.05) is 11.3 Å². The second-order valence-electron chi connectivity index (χ2n) is 2.76. The highest BCUT2D eigenvalue weighted by Gasteiger charge is 2.16. The van der Waals surface area contributed by atoms with Crippen LogP contribution < -0.4 is 0 Å². The van der Waals surface area contributed by atoms with E-state index in [4.69, 9.17) is 5.11 Å². The van der Waals surface area contributed by atoms with E-state index in [-0.39, 0.29) is 20.7 Å². The van der Waals surface area contributed by atoms with Crippen molar-refractivity contribution in [3.63, 3.8) is 0 Å². The van der Waals surface area contributed by atoms with Gasteiger partial charge in [-0.05, 0) is 12.1 Å². The van der Waals surface area contributed by atoms with Crippen molar-refractivity contribution in [2.45, 2.75) is 6.43 Å². The van der Waals surface area contributed by atoms with E-state index in [0.29, 0.717) is 0 Å². The Labute approximate surface area is 81.4 Å². The largest absolute Gasteiger partial charge is 0.499 e. The molecule has 0 saturated heterocycles. The fraction of sp³-hybridized carbons (Fsp3) is 0.111. The van der Waals surface area contributed by atoms with Gasteiger partial charge in [-0.25, -0.2) is 13.2 Å². The number of thiophene rings is 1. The van der Waals surface area contributed by atoms with Gasteiger partial charge in [0.1, 0.15) is 5.82 Å². The summed E-state index contributed by atoms with van der Waals surface area (Å²) < 4.78 is 38.1. The Morgan fingerprint density at radius 1 is 1.29 bits per heavy atom. The van der Waals surface area contributed by atoms with Crippen LogP contribution in [-0.4, -0.2) is 5.11 Å². The van der Waals surface area contributed by atoms with Crippen molar-refractivity contribution in [2.24, 2.45) is 0 Å². The quantitative estimate of drug-likeness (QED) is 0.774. The summed E-state index contributed by atoms with van der Waals surface area (Å²) in [4.78, 5) is 0. The van der Waals surface area contributed by atoms with Crippen molar-refractivity contribution in [3.8, 4) is 5.06 Å². The standard InChI is InChI=1S/C9H5F3OS/c10-6-2-1-4(9(11)12)8-5(6)3-7(13)14-8/h1-3,9,13H. The Morgan fingerprint density at radius 2 is 2.00 bits per heavy atom. The van der Waals surface area contributed by atoms with Crippen LogP contribution in [0.15, 0.2) is 18.2 Å². The molecule has 0 saturated carbocycles. The lowest BCUT2D eigenvalue weighted by Crippen LogP contribution is -1.85. The van der Waals surface area contributed by atoms with Gasteiger partial charge in [0.2, 0.25) is 0 Å². The van der Waals surface area contributed by atoms with E-state index >= 15 is 0 Å². The Kier molecular flexibility index (Phi) is 2.11. The molecule has 14 heavy (non-hydrogen) atoms. The zero-order valence-electron chi connectivity index (χ0n) is 6.80. The van der Waals surface area contributed by atoms with Gasteiger partial charge in [0.25, 0.3) is 6.43 Å². The average molecular weight is 218 g/mol. The molecule has 1 aromatic heterocycles. The molecule has 1 N–H and O–H groups in total. The third-order valence-electron chi connectivity index (χ3n) is 1.88. The maximum Gasteiger partial charge on any atom is 0.265 e. The van der Waals surface area contributed by atoms with Crippen molar-refractivity contribution in [1.29, 1.82) is 0 Å². The molecule has 0 amide bonds. The fourth-order valence-electron chi connectivity index (χ4n) is 1.27. The molecule has 1 heterocycles. The van der Waals surface area contributed by atoms with Gasteiger partial charge in [0, 0.05) is 21.7 Å². The summed E-state index contributed by atoms with van der Waals surface area (Å²) in [5.74, 6) is -0.596. The first kappa shape index (κ1) is 9.33. The van der Waals surface area contributed by atoms with E-state index in [1.807, 2.05) is 0 Å². The predicted molar refractivity (Wildman–Crippen MR) is 48.4 cm³/mol. The molecule has 2 aromatic rings. The van der Waals surface area contributed by atoms with Crippen LogP contribution >= 0.6 is 11.3 Å². The zero-order chi connectivity index (χ0) is 10.3. The monoisotopic (exact) mass is 218 g/mol. The Bertz CT molecular complexity index is 478. The lowest BCUT2D eigenvalue weighted by molar-refractivity contribution is 0.153. The van der Waals surface area contributed by atoms with Crippen LogP contribution in [0.4, 0.5) is 13.2 Å². The highest BCUT2D eigenvalue weighted by molar-refractivity contribution is 7.20. The predicted octanol–water partition coefficient (Wildman–Crippen LogP) is 3.68. The Hall–Kier alpha value is -1.23. The molecular weight excluding hydrogens is 213 g/mol. The summed E-state index contributed by atoms with van der Waals surface area (Å²) >= 11 is 0.757. The number of benzene rings is 1. The van der Waals surface area contributed by atoms with Gasteiger partial charge in [-0.15, -0.1) is 0 Å². The molecule has 1 nitrogen and oxygen atoms in total. The third-order valence-corrected chi connectivity index (χ3v) is 2.87. The molecular formula is C9H5F3OS. The van der Waals surface area contributed by atoms with Crippen molar-refractivity contribution in [1.82, 2.24) is 0 Å². The normalized spacial score (nSPS) is 11.4. The van der Waals surface area contributed by atoms with Crippen LogP contribution in [0.5, 0.6) is 5.06 Å². The molecule has 0 fully saturated rings. The molecule has 5 heteroatoms. The molecule has 0 radical (unpaired) electrons. The summed E-state index contributed by atoms with van der Waals surface area (Å²) in [6.07, 6.45) is -2.66. The number of hydrogen-bond acceptors (Lipinski definition) is 2. The van der Waals surface area contributed by atoms with Gasteiger partial charge in [0.05, 0.1) is 0 Å². The molecule has 74 valence electrons. The molecule has 0 atom stereocenters. The second kappa shape index (κ2) is 3.16. The topological polar surface area (TPSA) is 20.2 Å². The lowest BCUT2D eigenvalue weighted by Gasteiger charge is -2.00. The fourth-order valence-corrected chi connectivity index (χ4v) is 2.20. The van der Waals surface area contributed by atoms with Gasteiger partial charge in [-0.3, -0.25) is 0 Å². The molecule has 1 aromatic carbocycles. The minimum Gasteiger partial charge on any atom is -0.499 e. The van der Waals surface area contributed by atoms with Gasteiger partial charge < -0.3 is 5.11 Å². The zero-order valence-corrected chi connectivity index (χ0v) is 7.62. The number of alkyl halides is 2. The smallest absolute Gasteiger partial charge is 0.265 e. The van der Waals surface area contributed by atoms with E-state index in [1.54, 1.807) is 0 Å². The molecule has 0 aliphatic carbocycles. The van der Waals surface area contributed by atoms with Crippen molar-refractivity contribution in [2.75, 3.05) is 0 Å². The van der Waals surface area contributed by atoms with Crippen molar-refractivity contribution < 1.29 is 18.3 Å². The van der Waals surface area contributed by atoms with Crippen LogP contribution in [0.1, 0.15) is 12.0 Å².